The van der Waals surface area contributed by atoms with Crippen molar-refractivity contribution in [3.63, 3.8) is 0 Å². The lowest BCUT2D eigenvalue weighted by Crippen LogP contribution is -2.34. The fraction of sp³-hybridized carbons (Fsp3) is 0.231. The van der Waals surface area contributed by atoms with Crippen molar-refractivity contribution in [1.82, 2.24) is 5.32 Å². The van der Waals surface area contributed by atoms with E-state index in [1.165, 1.54) is 0 Å². The van der Waals surface area contributed by atoms with Crippen LogP contribution in [0.2, 0.25) is 0 Å². The number of benzene rings is 3. The Bertz CT molecular complexity index is 1030. The Morgan fingerprint density at radius 1 is 0.788 bits per heavy atom. The number of amides is 1. The Morgan fingerprint density at radius 3 is 2.12 bits per heavy atom. The molecule has 0 unspecified atom stereocenters. The molecule has 0 heterocycles. The minimum atomic E-state index is -0.321. The number of hydrogen-bond donors (Lipinski definition) is 2. The predicted molar refractivity (Wildman–Crippen MR) is 134 cm³/mol. The van der Waals surface area contributed by atoms with Gasteiger partial charge in [0.2, 0.25) is 0 Å². The van der Waals surface area contributed by atoms with E-state index in [9.17, 15) is 4.79 Å². The van der Waals surface area contributed by atoms with Crippen molar-refractivity contribution in [2.45, 2.75) is 19.8 Å². The molecule has 0 radical (unpaired) electrons. The largest absolute Gasteiger partial charge is 0.493 e. The van der Waals surface area contributed by atoms with Crippen molar-refractivity contribution in [1.29, 1.82) is 0 Å². The van der Waals surface area contributed by atoms with E-state index < -0.39 is 0 Å². The Kier molecular flexibility index (Phi) is 9.54. The van der Waals surface area contributed by atoms with Gasteiger partial charge in [-0.3, -0.25) is 10.1 Å². The minimum absolute atomic E-state index is 0.202. The van der Waals surface area contributed by atoms with Gasteiger partial charge in [-0.25, -0.2) is 0 Å². The second kappa shape index (κ2) is 13.1. The Morgan fingerprint density at radius 2 is 1.42 bits per heavy atom. The second-order valence-corrected chi connectivity index (χ2v) is 7.55. The van der Waals surface area contributed by atoms with Crippen LogP contribution in [0.15, 0.2) is 78.9 Å². The maximum atomic E-state index is 12.7. The fourth-order valence-electron chi connectivity index (χ4n) is 2.91. The summed E-state index contributed by atoms with van der Waals surface area (Å²) in [4.78, 5) is 12.7. The van der Waals surface area contributed by atoms with Crippen molar-refractivity contribution in [2.75, 3.05) is 25.1 Å². The number of ether oxygens (including phenoxy) is 3. The molecule has 3 rings (SSSR count). The summed E-state index contributed by atoms with van der Waals surface area (Å²) in [5.74, 6) is 1.75. The van der Waals surface area contributed by atoms with Crippen molar-refractivity contribution in [2.24, 2.45) is 0 Å². The van der Waals surface area contributed by atoms with E-state index in [-0.39, 0.29) is 11.0 Å². The molecule has 3 aromatic rings. The molecular weight excluding hydrogens is 436 g/mol. The molecule has 6 nitrogen and oxygen atoms in total. The molecule has 172 valence electrons. The molecule has 0 aliphatic carbocycles. The first kappa shape index (κ1) is 24.1. The zero-order chi connectivity index (χ0) is 23.3. The quantitative estimate of drug-likeness (QED) is 0.291. The van der Waals surface area contributed by atoms with Crippen molar-refractivity contribution < 1.29 is 19.0 Å². The zero-order valence-electron chi connectivity index (χ0n) is 18.6. The van der Waals surface area contributed by atoms with Crippen LogP contribution >= 0.6 is 12.2 Å². The number of carbonyl (C=O) groups excluding carboxylic acids is 1. The number of unbranched alkanes of at least 4 members (excludes halogenated alkanes) is 1. The second-order valence-electron chi connectivity index (χ2n) is 7.14. The van der Waals surface area contributed by atoms with Crippen molar-refractivity contribution >= 4 is 28.9 Å². The van der Waals surface area contributed by atoms with Gasteiger partial charge in [-0.15, -0.1) is 0 Å². The highest BCUT2D eigenvalue weighted by Crippen LogP contribution is 2.19. The molecule has 0 aromatic heterocycles. The SMILES string of the molecule is CCCCOc1ccccc1C(=O)NC(=S)Nc1ccc(OCCOc2ccccc2)cc1. The highest BCUT2D eigenvalue weighted by Gasteiger charge is 2.13. The number of thiocarbonyl (C=S) groups is 1. The summed E-state index contributed by atoms with van der Waals surface area (Å²) >= 11 is 5.30. The average Bonchev–Trinajstić information content (AvgIpc) is 2.84. The van der Waals surface area contributed by atoms with Gasteiger partial charge in [-0.1, -0.05) is 43.7 Å². The Hall–Kier alpha value is -3.58. The van der Waals surface area contributed by atoms with Gasteiger partial charge in [0, 0.05) is 5.69 Å². The number of rotatable bonds is 11. The molecule has 0 fully saturated rings. The highest BCUT2D eigenvalue weighted by atomic mass is 32.1. The van der Waals surface area contributed by atoms with Crippen LogP contribution in [0.4, 0.5) is 5.69 Å². The average molecular weight is 465 g/mol. The lowest BCUT2D eigenvalue weighted by Gasteiger charge is -2.13. The molecule has 0 aliphatic rings. The number of nitrogens with one attached hydrogen (secondary N) is 2. The van der Waals surface area contributed by atoms with Gasteiger partial charge in [0.05, 0.1) is 12.2 Å². The number of hydrogen-bond acceptors (Lipinski definition) is 5. The number of carbonyl (C=O) groups is 1. The standard InChI is InChI=1S/C26H28N2O4S/c1-2-3-17-32-24-12-8-7-11-23(24)25(29)28-26(33)27-20-13-15-22(16-14-20)31-19-18-30-21-9-5-4-6-10-21/h4-16H,2-3,17-19H2,1H3,(H2,27,28,29,33). The molecule has 1 amide bonds. The van der Waals surface area contributed by atoms with Crippen LogP contribution in [-0.2, 0) is 0 Å². The van der Waals surface area contributed by atoms with Gasteiger partial charge in [0.25, 0.3) is 5.91 Å². The first-order chi connectivity index (χ1) is 16.2. The summed E-state index contributed by atoms with van der Waals surface area (Å²) in [5.41, 5.74) is 1.18. The molecule has 0 aliphatic heterocycles. The molecule has 33 heavy (non-hydrogen) atoms. The molecular formula is C26H28N2O4S. The third kappa shape index (κ3) is 8.12. The maximum Gasteiger partial charge on any atom is 0.261 e. The zero-order valence-corrected chi connectivity index (χ0v) is 19.4. The predicted octanol–water partition coefficient (Wildman–Crippen LogP) is 5.45. The Labute approximate surface area is 199 Å². The first-order valence-corrected chi connectivity index (χ1v) is 11.3. The molecule has 3 aromatic carbocycles. The van der Waals surface area contributed by atoms with E-state index in [1.54, 1.807) is 18.2 Å². The summed E-state index contributed by atoms with van der Waals surface area (Å²) < 4.78 is 17.0. The fourth-order valence-corrected chi connectivity index (χ4v) is 3.12. The van der Waals surface area contributed by atoms with E-state index >= 15 is 0 Å². The molecule has 0 bridgehead atoms. The molecule has 7 heteroatoms. The van der Waals surface area contributed by atoms with E-state index in [0.717, 1.165) is 24.3 Å². The highest BCUT2D eigenvalue weighted by molar-refractivity contribution is 7.80. The van der Waals surface area contributed by atoms with E-state index in [4.69, 9.17) is 26.4 Å². The third-order valence-electron chi connectivity index (χ3n) is 4.59. The van der Waals surface area contributed by atoms with Gasteiger partial charge in [-0.2, -0.15) is 0 Å². The van der Waals surface area contributed by atoms with E-state index in [0.29, 0.717) is 36.9 Å². The van der Waals surface area contributed by atoms with Crippen LogP contribution in [0, 0.1) is 0 Å². The van der Waals surface area contributed by atoms with Gasteiger partial charge in [-0.05, 0) is 67.2 Å². The van der Waals surface area contributed by atoms with Gasteiger partial charge < -0.3 is 19.5 Å². The van der Waals surface area contributed by atoms with E-state index in [2.05, 4.69) is 17.6 Å². The van der Waals surface area contributed by atoms with Crippen molar-refractivity contribution in [3.8, 4) is 17.2 Å². The van der Waals surface area contributed by atoms with Crippen LogP contribution in [0.25, 0.3) is 0 Å². The number of anilines is 1. The third-order valence-corrected chi connectivity index (χ3v) is 4.79. The Balaban J connectivity index is 1.44. The lowest BCUT2D eigenvalue weighted by molar-refractivity contribution is 0.0973. The van der Waals surface area contributed by atoms with Gasteiger partial charge in [0.15, 0.2) is 5.11 Å². The van der Waals surface area contributed by atoms with Crippen LogP contribution in [0.5, 0.6) is 17.2 Å². The molecule has 0 saturated heterocycles. The van der Waals surface area contributed by atoms with Crippen LogP contribution in [-0.4, -0.2) is 30.8 Å². The molecule has 0 spiro atoms. The van der Waals surface area contributed by atoms with Crippen LogP contribution < -0.4 is 24.8 Å². The lowest BCUT2D eigenvalue weighted by atomic mass is 10.2. The number of para-hydroxylation sites is 2. The minimum Gasteiger partial charge on any atom is -0.493 e. The molecule has 2 N–H and O–H groups in total. The smallest absolute Gasteiger partial charge is 0.261 e. The summed E-state index contributed by atoms with van der Waals surface area (Å²) in [5, 5.41) is 5.91. The van der Waals surface area contributed by atoms with Gasteiger partial charge >= 0.3 is 0 Å². The molecule has 0 saturated carbocycles. The summed E-state index contributed by atoms with van der Waals surface area (Å²) in [6.45, 7) is 3.53. The topological polar surface area (TPSA) is 68.8 Å². The van der Waals surface area contributed by atoms with Crippen LogP contribution in [0.3, 0.4) is 0 Å². The van der Waals surface area contributed by atoms with E-state index in [1.807, 2.05) is 60.7 Å². The molecule has 0 atom stereocenters. The normalized spacial score (nSPS) is 10.2. The van der Waals surface area contributed by atoms with Crippen LogP contribution in [0.1, 0.15) is 30.1 Å². The maximum absolute atomic E-state index is 12.7. The first-order valence-electron chi connectivity index (χ1n) is 10.9. The summed E-state index contributed by atoms with van der Waals surface area (Å²) in [6, 6.07) is 24.0. The van der Waals surface area contributed by atoms with Crippen molar-refractivity contribution in [3.05, 3.63) is 84.4 Å². The summed E-state index contributed by atoms with van der Waals surface area (Å²) in [7, 11) is 0. The monoisotopic (exact) mass is 464 g/mol. The van der Waals surface area contributed by atoms with Gasteiger partial charge in [0.1, 0.15) is 30.5 Å². The summed E-state index contributed by atoms with van der Waals surface area (Å²) in [6.07, 6.45) is 1.95.